The van der Waals surface area contributed by atoms with Crippen LogP contribution in [0, 0.1) is 11.3 Å². The Bertz CT molecular complexity index is 759. The molecule has 126 valence electrons. The molecule has 0 N–H and O–H groups in total. The molecule has 0 aliphatic carbocycles. The van der Waals surface area contributed by atoms with E-state index in [4.69, 9.17) is 4.74 Å². The SMILES string of the molecule is N#Cc1ccc(OC(F)(F)F)cc1-c1cnn(C2CCCCO2)c1. The van der Waals surface area contributed by atoms with Gasteiger partial charge in [-0.1, -0.05) is 0 Å². The maximum atomic E-state index is 12.4. The topological polar surface area (TPSA) is 60.1 Å². The number of nitrogens with zero attached hydrogens (tertiary/aromatic N) is 3. The number of rotatable bonds is 3. The van der Waals surface area contributed by atoms with Gasteiger partial charge in [-0.25, -0.2) is 4.68 Å². The zero-order valence-corrected chi connectivity index (χ0v) is 12.6. The predicted octanol–water partition coefficient (Wildman–Crippen LogP) is 4.02. The molecule has 1 aromatic heterocycles. The van der Waals surface area contributed by atoms with Gasteiger partial charge >= 0.3 is 6.36 Å². The van der Waals surface area contributed by atoms with Crippen LogP contribution >= 0.6 is 0 Å². The zero-order valence-electron chi connectivity index (χ0n) is 12.6. The van der Waals surface area contributed by atoms with Crippen molar-refractivity contribution in [3.8, 4) is 22.9 Å². The Morgan fingerprint density at radius 2 is 2.17 bits per heavy atom. The van der Waals surface area contributed by atoms with Crippen molar-refractivity contribution in [3.05, 3.63) is 36.2 Å². The number of benzene rings is 1. The summed E-state index contributed by atoms with van der Waals surface area (Å²) in [7, 11) is 0. The molecule has 3 rings (SSSR count). The van der Waals surface area contributed by atoms with Crippen molar-refractivity contribution in [1.29, 1.82) is 5.26 Å². The summed E-state index contributed by atoms with van der Waals surface area (Å²) >= 11 is 0. The first-order chi connectivity index (χ1) is 11.5. The molecule has 0 radical (unpaired) electrons. The minimum Gasteiger partial charge on any atom is -0.406 e. The van der Waals surface area contributed by atoms with Gasteiger partial charge in [0.15, 0.2) is 0 Å². The quantitative estimate of drug-likeness (QED) is 0.849. The van der Waals surface area contributed by atoms with E-state index in [1.807, 2.05) is 6.07 Å². The van der Waals surface area contributed by atoms with Crippen LogP contribution in [0.1, 0.15) is 31.1 Å². The van der Waals surface area contributed by atoms with Crippen LogP contribution in [-0.4, -0.2) is 22.7 Å². The van der Waals surface area contributed by atoms with Gasteiger partial charge in [-0.15, -0.1) is 13.2 Å². The molecule has 1 saturated heterocycles. The van der Waals surface area contributed by atoms with Crippen LogP contribution in [0.4, 0.5) is 13.2 Å². The van der Waals surface area contributed by atoms with Gasteiger partial charge in [0.2, 0.25) is 0 Å². The van der Waals surface area contributed by atoms with Gasteiger partial charge in [0.05, 0.1) is 17.8 Å². The van der Waals surface area contributed by atoms with Crippen LogP contribution < -0.4 is 4.74 Å². The molecule has 0 saturated carbocycles. The van der Waals surface area contributed by atoms with Gasteiger partial charge in [-0.3, -0.25) is 0 Å². The van der Waals surface area contributed by atoms with E-state index in [-0.39, 0.29) is 17.5 Å². The van der Waals surface area contributed by atoms with Crippen molar-refractivity contribution in [2.75, 3.05) is 6.61 Å². The molecular weight excluding hydrogens is 323 g/mol. The number of alkyl halides is 3. The van der Waals surface area contributed by atoms with Gasteiger partial charge in [0.1, 0.15) is 12.0 Å². The van der Waals surface area contributed by atoms with Gasteiger partial charge in [-0.2, -0.15) is 10.4 Å². The molecule has 2 heterocycles. The molecule has 5 nitrogen and oxygen atoms in total. The highest BCUT2D eigenvalue weighted by Crippen LogP contribution is 2.31. The van der Waals surface area contributed by atoms with Crippen molar-refractivity contribution in [2.45, 2.75) is 31.9 Å². The lowest BCUT2D eigenvalue weighted by molar-refractivity contribution is -0.274. The Balaban J connectivity index is 1.91. The van der Waals surface area contributed by atoms with Crippen LogP contribution in [0.25, 0.3) is 11.1 Å². The molecule has 0 bridgehead atoms. The maximum Gasteiger partial charge on any atom is 0.573 e. The highest BCUT2D eigenvalue weighted by atomic mass is 19.4. The van der Waals surface area contributed by atoms with Crippen molar-refractivity contribution in [2.24, 2.45) is 0 Å². The van der Waals surface area contributed by atoms with Crippen molar-refractivity contribution >= 4 is 0 Å². The predicted molar refractivity (Wildman–Crippen MR) is 77.9 cm³/mol. The summed E-state index contributed by atoms with van der Waals surface area (Å²) < 4.78 is 48.3. The summed E-state index contributed by atoms with van der Waals surface area (Å²) in [6.07, 6.45) is 1.05. The first-order valence-electron chi connectivity index (χ1n) is 7.42. The molecule has 1 fully saturated rings. The largest absolute Gasteiger partial charge is 0.573 e. The first-order valence-corrected chi connectivity index (χ1v) is 7.42. The average molecular weight is 337 g/mol. The second-order valence-electron chi connectivity index (χ2n) is 5.40. The number of halogens is 3. The third-order valence-corrected chi connectivity index (χ3v) is 3.71. The Morgan fingerprint density at radius 1 is 1.33 bits per heavy atom. The van der Waals surface area contributed by atoms with E-state index in [1.165, 1.54) is 18.3 Å². The number of nitriles is 1. The fraction of sp³-hybridized carbons (Fsp3) is 0.375. The molecule has 1 unspecified atom stereocenters. The second kappa shape index (κ2) is 6.53. The van der Waals surface area contributed by atoms with Gasteiger partial charge in [-0.05, 0) is 37.5 Å². The third kappa shape index (κ3) is 3.68. The molecule has 8 heteroatoms. The van der Waals surface area contributed by atoms with E-state index in [0.29, 0.717) is 17.7 Å². The minimum absolute atomic E-state index is 0.187. The monoisotopic (exact) mass is 337 g/mol. The van der Waals surface area contributed by atoms with Crippen LogP contribution in [0.5, 0.6) is 5.75 Å². The van der Waals surface area contributed by atoms with E-state index >= 15 is 0 Å². The molecule has 0 amide bonds. The van der Waals surface area contributed by atoms with Crippen molar-refractivity contribution in [1.82, 2.24) is 9.78 Å². The van der Waals surface area contributed by atoms with E-state index in [2.05, 4.69) is 9.84 Å². The fourth-order valence-corrected chi connectivity index (χ4v) is 2.62. The van der Waals surface area contributed by atoms with Crippen LogP contribution in [0.3, 0.4) is 0 Å². The minimum atomic E-state index is -4.79. The summed E-state index contributed by atoms with van der Waals surface area (Å²) in [4.78, 5) is 0. The van der Waals surface area contributed by atoms with Gasteiger partial charge < -0.3 is 9.47 Å². The van der Waals surface area contributed by atoms with E-state index in [1.54, 1.807) is 10.9 Å². The molecule has 2 aromatic rings. The van der Waals surface area contributed by atoms with E-state index in [0.717, 1.165) is 25.3 Å². The Hall–Kier alpha value is -2.53. The molecular formula is C16H14F3N3O2. The first kappa shape index (κ1) is 16.3. The normalized spacial score (nSPS) is 18.2. The summed E-state index contributed by atoms with van der Waals surface area (Å²) in [5.74, 6) is -0.377. The number of hydrogen-bond acceptors (Lipinski definition) is 4. The standard InChI is InChI=1S/C16H14F3N3O2/c17-16(18,19)24-13-5-4-11(8-20)14(7-13)12-9-21-22(10-12)15-3-1-2-6-23-15/h4-5,7,9-10,15H,1-3,6H2. The lowest BCUT2D eigenvalue weighted by Gasteiger charge is -2.22. The smallest absolute Gasteiger partial charge is 0.406 e. The maximum absolute atomic E-state index is 12.4. The van der Waals surface area contributed by atoms with E-state index < -0.39 is 6.36 Å². The highest BCUT2D eigenvalue weighted by Gasteiger charge is 2.31. The Labute approximate surface area is 136 Å². The zero-order chi connectivity index (χ0) is 17.2. The molecule has 1 aliphatic heterocycles. The number of ether oxygens (including phenoxy) is 2. The van der Waals surface area contributed by atoms with Crippen molar-refractivity contribution in [3.63, 3.8) is 0 Å². The summed E-state index contributed by atoms with van der Waals surface area (Å²) in [6.45, 7) is 0.651. The lowest BCUT2D eigenvalue weighted by atomic mass is 10.0. The third-order valence-electron chi connectivity index (χ3n) is 3.71. The summed E-state index contributed by atoms with van der Waals surface area (Å²) in [5.41, 5.74) is 1.11. The van der Waals surface area contributed by atoms with Gasteiger partial charge in [0.25, 0.3) is 0 Å². The number of aromatic nitrogens is 2. The van der Waals surface area contributed by atoms with E-state index in [9.17, 15) is 18.4 Å². The molecule has 1 aliphatic rings. The summed E-state index contributed by atoms with van der Waals surface area (Å²) in [5, 5.41) is 13.4. The van der Waals surface area contributed by atoms with Crippen LogP contribution in [0.15, 0.2) is 30.6 Å². The Morgan fingerprint density at radius 3 is 2.83 bits per heavy atom. The second-order valence-corrected chi connectivity index (χ2v) is 5.40. The molecule has 24 heavy (non-hydrogen) atoms. The molecule has 0 spiro atoms. The summed E-state index contributed by atoms with van der Waals surface area (Å²) in [6, 6.07) is 5.57. The Kier molecular flexibility index (Phi) is 4.44. The highest BCUT2D eigenvalue weighted by molar-refractivity contribution is 5.71. The molecule has 1 aromatic carbocycles. The van der Waals surface area contributed by atoms with Gasteiger partial charge in [0, 0.05) is 23.9 Å². The van der Waals surface area contributed by atoms with Crippen molar-refractivity contribution < 1.29 is 22.6 Å². The number of hydrogen-bond donors (Lipinski definition) is 0. The van der Waals surface area contributed by atoms with Crippen LogP contribution in [-0.2, 0) is 4.74 Å². The average Bonchev–Trinajstić information content (AvgIpc) is 3.04. The van der Waals surface area contributed by atoms with Crippen LogP contribution in [0.2, 0.25) is 0 Å². The molecule has 1 atom stereocenters. The lowest BCUT2D eigenvalue weighted by Crippen LogP contribution is -2.18. The fourth-order valence-electron chi connectivity index (χ4n) is 2.62.